The number of halogens is 1. The van der Waals surface area contributed by atoms with Crippen molar-refractivity contribution in [3.8, 4) is 17.1 Å². The molecule has 6 heteroatoms. The van der Waals surface area contributed by atoms with Crippen LogP contribution in [0.4, 0.5) is 4.39 Å². The summed E-state index contributed by atoms with van der Waals surface area (Å²) in [7, 11) is 1.49. The summed E-state index contributed by atoms with van der Waals surface area (Å²) in [6.45, 7) is 0. The molecule has 2 rings (SSSR count). The van der Waals surface area contributed by atoms with Crippen LogP contribution in [0.3, 0.4) is 0 Å². The Morgan fingerprint density at radius 3 is 3.00 bits per heavy atom. The molecule has 0 radical (unpaired) electrons. The molecule has 2 heterocycles. The molecule has 0 amide bonds. The summed E-state index contributed by atoms with van der Waals surface area (Å²) in [5.41, 5.74) is 0.549. The first-order chi connectivity index (χ1) is 7.72. The minimum Gasteiger partial charge on any atom is -0.494 e. The predicted molar refractivity (Wildman–Crippen MR) is 59.2 cm³/mol. The molecule has 0 saturated heterocycles. The van der Waals surface area contributed by atoms with Gasteiger partial charge in [-0.2, -0.15) is 0 Å². The fourth-order valence-corrected chi connectivity index (χ4v) is 1.45. The fraction of sp³-hybridized carbons (Fsp3) is 0.100. The van der Waals surface area contributed by atoms with Crippen molar-refractivity contribution in [1.82, 2.24) is 15.0 Å². The van der Waals surface area contributed by atoms with Gasteiger partial charge < -0.3 is 9.72 Å². The predicted octanol–water partition coefficient (Wildman–Crippen LogP) is 2.35. The van der Waals surface area contributed by atoms with Crippen LogP contribution in [-0.2, 0) is 0 Å². The lowest BCUT2D eigenvalue weighted by molar-refractivity contribution is 0.414. The van der Waals surface area contributed by atoms with E-state index < -0.39 is 5.82 Å². The van der Waals surface area contributed by atoms with Gasteiger partial charge in [-0.05, 0) is 24.4 Å². The van der Waals surface area contributed by atoms with E-state index in [4.69, 9.17) is 17.0 Å². The van der Waals surface area contributed by atoms with Crippen LogP contribution in [0.15, 0.2) is 24.5 Å². The topological polar surface area (TPSA) is 50.8 Å². The van der Waals surface area contributed by atoms with Crippen molar-refractivity contribution in [2.24, 2.45) is 0 Å². The molecule has 0 saturated carbocycles. The van der Waals surface area contributed by atoms with Crippen molar-refractivity contribution < 1.29 is 9.13 Å². The van der Waals surface area contributed by atoms with E-state index in [1.54, 1.807) is 18.3 Å². The smallest absolute Gasteiger partial charge is 0.197 e. The number of methoxy groups -OCH3 is 1. The highest BCUT2D eigenvalue weighted by Gasteiger charge is 2.12. The maximum atomic E-state index is 13.5. The van der Waals surface area contributed by atoms with Crippen LogP contribution in [0.2, 0.25) is 0 Å². The van der Waals surface area contributed by atoms with E-state index in [0.29, 0.717) is 11.4 Å². The quantitative estimate of drug-likeness (QED) is 0.814. The normalized spacial score (nSPS) is 10.1. The second-order valence-electron chi connectivity index (χ2n) is 2.97. The van der Waals surface area contributed by atoms with Gasteiger partial charge in [-0.3, -0.25) is 4.98 Å². The standard InChI is InChI=1S/C10H8FN3OS/c1-15-7-3-2-4-12-9(7)8-6(11)5-13-10(16)14-8/h2-5H,1H3,(H,13,14,16). The lowest BCUT2D eigenvalue weighted by Gasteiger charge is -2.07. The van der Waals surface area contributed by atoms with Gasteiger partial charge in [-0.15, -0.1) is 0 Å². The monoisotopic (exact) mass is 237 g/mol. The summed E-state index contributed by atoms with van der Waals surface area (Å²) in [4.78, 5) is 10.3. The summed E-state index contributed by atoms with van der Waals surface area (Å²) in [6, 6.07) is 3.40. The first-order valence-electron chi connectivity index (χ1n) is 4.46. The third-order valence-electron chi connectivity index (χ3n) is 1.99. The Balaban J connectivity index is 2.67. The minimum atomic E-state index is -0.523. The number of aromatic nitrogens is 3. The summed E-state index contributed by atoms with van der Waals surface area (Å²) in [5.74, 6) is -0.0520. The fourth-order valence-electron chi connectivity index (χ4n) is 1.29. The number of rotatable bonds is 2. The lowest BCUT2D eigenvalue weighted by Crippen LogP contribution is -1.97. The summed E-state index contributed by atoms with van der Waals surface area (Å²) in [5, 5.41) is 0. The first kappa shape index (κ1) is 10.7. The number of nitrogens with zero attached hydrogens (tertiary/aromatic N) is 2. The molecule has 82 valence electrons. The molecule has 4 nitrogen and oxygen atoms in total. The van der Waals surface area contributed by atoms with Gasteiger partial charge in [0.1, 0.15) is 17.1 Å². The van der Waals surface area contributed by atoms with Crippen LogP contribution >= 0.6 is 12.2 Å². The van der Waals surface area contributed by atoms with Gasteiger partial charge in [0.15, 0.2) is 10.6 Å². The molecule has 0 spiro atoms. The van der Waals surface area contributed by atoms with Crippen LogP contribution in [0.5, 0.6) is 5.75 Å². The molecule has 16 heavy (non-hydrogen) atoms. The van der Waals surface area contributed by atoms with Gasteiger partial charge in [0.25, 0.3) is 0 Å². The number of H-pyrrole nitrogens is 1. The maximum absolute atomic E-state index is 13.5. The van der Waals surface area contributed by atoms with Crippen molar-refractivity contribution in [3.05, 3.63) is 35.1 Å². The number of nitrogens with one attached hydrogen (secondary N) is 1. The highest BCUT2D eigenvalue weighted by molar-refractivity contribution is 7.71. The highest BCUT2D eigenvalue weighted by Crippen LogP contribution is 2.26. The Bertz CT molecular complexity index is 570. The van der Waals surface area contributed by atoms with E-state index in [9.17, 15) is 4.39 Å². The van der Waals surface area contributed by atoms with Gasteiger partial charge in [0, 0.05) is 6.20 Å². The van der Waals surface area contributed by atoms with Crippen LogP contribution in [0, 0.1) is 10.6 Å². The average Bonchev–Trinajstić information content (AvgIpc) is 2.32. The molecule has 0 unspecified atom stereocenters. The zero-order chi connectivity index (χ0) is 11.5. The van der Waals surface area contributed by atoms with Crippen molar-refractivity contribution in [1.29, 1.82) is 0 Å². The second-order valence-corrected chi connectivity index (χ2v) is 3.35. The molecule has 0 aliphatic carbocycles. The molecule has 0 aliphatic heterocycles. The second kappa shape index (κ2) is 4.36. The Hall–Kier alpha value is -1.82. The van der Waals surface area contributed by atoms with Crippen LogP contribution in [0.1, 0.15) is 0 Å². The molecule has 0 aliphatic rings. The van der Waals surface area contributed by atoms with Gasteiger partial charge in [-0.1, -0.05) is 0 Å². The van der Waals surface area contributed by atoms with E-state index in [0.717, 1.165) is 6.20 Å². The molecule has 0 atom stereocenters. The minimum absolute atomic E-state index is 0.178. The van der Waals surface area contributed by atoms with Gasteiger partial charge in [0.05, 0.1) is 13.3 Å². The highest BCUT2D eigenvalue weighted by atomic mass is 32.1. The van der Waals surface area contributed by atoms with Crippen LogP contribution < -0.4 is 4.74 Å². The zero-order valence-electron chi connectivity index (χ0n) is 8.40. The average molecular weight is 237 g/mol. The van der Waals surface area contributed by atoms with Gasteiger partial charge >= 0.3 is 0 Å². The first-order valence-corrected chi connectivity index (χ1v) is 4.87. The van der Waals surface area contributed by atoms with E-state index in [2.05, 4.69) is 15.0 Å². The number of ether oxygens (including phenoxy) is 1. The summed E-state index contributed by atoms with van der Waals surface area (Å²) < 4.78 is 18.8. The van der Waals surface area contributed by atoms with E-state index in [1.165, 1.54) is 7.11 Å². The summed E-state index contributed by atoms with van der Waals surface area (Å²) in [6.07, 6.45) is 2.61. The van der Waals surface area contributed by atoms with Crippen molar-refractivity contribution >= 4 is 12.2 Å². The molecular weight excluding hydrogens is 229 g/mol. The van der Waals surface area contributed by atoms with Gasteiger partial charge in [0.2, 0.25) is 0 Å². The lowest BCUT2D eigenvalue weighted by atomic mass is 10.2. The Morgan fingerprint density at radius 2 is 2.25 bits per heavy atom. The SMILES string of the molecule is COc1cccnc1-c1[nH]c(=S)ncc1F. The van der Waals surface area contributed by atoms with Gasteiger partial charge in [-0.25, -0.2) is 9.37 Å². The van der Waals surface area contributed by atoms with Crippen molar-refractivity contribution in [2.45, 2.75) is 0 Å². The Labute approximate surface area is 96.2 Å². The number of pyridine rings is 1. The zero-order valence-corrected chi connectivity index (χ0v) is 9.21. The Morgan fingerprint density at radius 1 is 1.44 bits per heavy atom. The maximum Gasteiger partial charge on any atom is 0.197 e. The molecule has 0 fully saturated rings. The number of hydrogen-bond donors (Lipinski definition) is 1. The molecular formula is C10H8FN3OS. The van der Waals surface area contributed by atoms with E-state index >= 15 is 0 Å². The van der Waals surface area contributed by atoms with Crippen LogP contribution in [0.25, 0.3) is 11.4 Å². The molecule has 1 N–H and O–H groups in total. The number of aromatic amines is 1. The van der Waals surface area contributed by atoms with Crippen LogP contribution in [-0.4, -0.2) is 22.1 Å². The molecule has 2 aromatic rings. The number of hydrogen-bond acceptors (Lipinski definition) is 4. The van der Waals surface area contributed by atoms with Crippen molar-refractivity contribution in [3.63, 3.8) is 0 Å². The van der Waals surface area contributed by atoms with E-state index in [1.807, 2.05) is 0 Å². The largest absolute Gasteiger partial charge is 0.494 e. The van der Waals surface area contributed by atoms with E-state index in [-0.39, 0.29) is 10.5 Å². The summed E-state index contributed by atoms with van der Waals surface area (Å²) >= 11 is 4.84. The third kappa shape index (κ3) is 1.92. The Kier molecular flexibility index (Phi) is 2.91. The third-order valence-corrected chi connectivity index (χ3v) is 2.20. The van der Waals surface area contributed by atoms with Crippen molar-refractivity contribution in [2.75, 3.05) is 7.11 Å². The molecule has 0 bridgehead atoms. The molecule has 2 aromatic heterocycles. The molecule has 0 aromatic carbocycles.